The van der Waals surface area contributed by atoms with E-state index in [2.05, 4.69) is 5.32 Å². The summed E-state index contributed by atoms with van der Waals surface area (Å²) in [7, 11) is 0. The van der Waals surface area contributed by atoms with Crippen molar-refractivity contribution in [3.63, 3.8) is 0 Å². The highest BCUT2D eigenvalue weighted by atomic mass is 19.1. The molecule has 1 aliphatic rings. The van der Waals surface area contributed by atoms with Crippen LogP contribution in [0.2, 0.25) is 0 Å². The van der Waals surface area contributed by atoms with Crippen LogP contribution in [-0.4, -0.2) is 25.7 Å². The van der Waals surface area contributed by atoms with Crippen molar-refractivity contribution in [1.29, 1.82) is 5.26 Å². The molecule has 0 bridgehead atoms. The Morgan fingerprint density at radius 1 is 1.56 bits per heavy atom. The predicted molar refractivity (Wildman–Crippen MR) is 62.0 cm³/mol. The van der Waals surface area contributed by atoms with E-state index in [1.165, 1.54) is 12.1 Å². The molecule has 1 amide bonds. The van der Waals surface area contributed by atoms with Gasteiger partial charge < -0.3 is 10.1 Å². The van der Waals surface area contributed by atoms with Gasteiger partial charge in [-0.3, -0.25) is 4.79 Å². The summed E-state index contributed by atoms with van der Waals surface area (Å²) in [6.45, 7) is 0.677. The molecule has 0 radical (unpaired) electrons. The van der Waals surface area contributed by atoms with Crippen LogP contribution in [0.4, 0.5) is 4.39 Å². The van der Waals surface area contributed by atoms with Gasteiger partial charge in [0.25, 0.3) is 0 Å². The van der Waals surface area contributed by atoms with Gasteiger partial charge in [0.2, 0.25) is 5.91 Å². The van der Waals surface area contributed by atoms with E-state index < -0.39 is 5.41 Å². The lowest BCUT2D eigenvalue weighted by molar-refractivity contribution is -0.149. The van der Waals surface area contributed by atoms with Gasteiger partial charge in [-0.05, 0) is 24.1 Å². The smallest absolute Gasteiger partial charge is 0.245 e. The zero-order valence-electron chi connectivity index (χ0n) is 9.78. The molecule has 0 aliphatic carbocycles. The van der Waals surface area contributed by atoms with Gasteiger partial charge in [0.05, 0.1) is 19.3 Å². The van der Waals surface area contributed by atoms with E-state index in [4.69, 9.17) is 10.00 Å². The van der Waals surface area contributed by atoms with Crippen LogP contribution < -0.4 is 5.32 Å². The molecule has 5 heteroatoms. The van der Waals surface area contributed by atoms with E-state index in [1.807, 2.05) is 6.07 Å². The average molecular weight is 248 g/mol. The van der Waals surface area contributed by atoms with Gasteiger partial charge in [-0.2, -0.15) is 5.26 Å². The average Bonchev–Trinajstić information content (AvgIpc) is 2.28. The fourth-order valence-corrected chi connectivity index (χ4v) is 1.73. The van der Waals surface area contributed by atoms with Crippen LogP contribution in [0.5, 0.6) is 0 Å². The van der Waals surface area contributed by atoms with Crippen LogP contribution in [0.25, 0.3) is 0 Å². The summed E-state index contributed by atoms with van der Waals surface area (Å²) >= 11 is 0. The summed E-state index contributed by atoms with van der Waals surface area (Å²) in [6.07, 6.45) is 0.534. The minimum Gasteiger partial charge on any atom is -0.377 e. The summed E-state index contributed by atoms with van der Waals surface area (Å²) in [5.74, 6) is -0.604. The largest absolute Gasteiger partial charge is 0.377 e. The van der Waals surface area contributed by atoms with Gasteiger partial charge in [-0.25, -0.2) is 4.39 Å². The van der Waals surface area contributed by atoms with Gasteiger partial charge in [-0.1, -0.05) is 12.1 Å². The molecular weight excluding hydrogens is 235 g/mol. The molecule has 1 fully saturated rings. The highest BCUT2D eigenvalue weighted by molar-refractivity contribution is 5.86. The molecule has 94 valence electrons. The molecule has 1 N–H and O–H groups in total. The van der Waals surface area contributed by atoms with E-state index in [9.17, 15) is 9.18 Å². The van der Waals surface area contributed by atoms with E-state index in [-0.39, 0.29) is 24.9 Å². The molecule has 1 aliphatic heterocycles. The second-order valence-electron chi connectivity index (χ2n) is 4.32. The molecule has 0 atom stereocenters. The molecule has 0 saturated carbocycles. The minimum absolute atomic E-state index is 0.148. The monoisotopic (exact) mass is 248 g/mol. The molecule has 1 aromatic rings. The molecule has 1 aromatic carbocycles. The number of rotatable bonds is 4. The first-order valence-corrected chi connectivity index (χ1v) is 5.68. The number of hydrogen-bond acceptors (Lipinski definition) is 3. The number of carbonyl (C=O) groups excluding carboxylic acids is 1. The number of nitrogens with zero attached hydrogens (tertiary/aromatic N) is 1. The fourth-order valence-electron chi connectivity index (χ4n) is 1.73. The van der Waals surface area contributed by atoms with E-state index >= 15 is 0 Å². The van der Waals surface area contributed by atoms with Crippen molar-refractivity contribution in [2.24, 2.45) is 5.41 Å². The summed E-state index contributed by atoms with van der Waals surface area (Å²) in [5, 5.41) is 11.6. The lowest BCUT2D eigenvalue weighted by Gasteiger charge is -2.33. The van der Waals surface area contributed by atoms with E-state index in [0.717, 1.165) is 5.56 Å². The molecular formula is C13H13FN2O2. The first-order valence-electron chi connectivity index (χ1n) is 5.68. The van der Waals surface area contributed by atoms with Crippen molar-refractivity contribution >= 4 is 5.91 Å². The predicted octanol–water partition coefficient (Wildman–Crippen LogP) is 1.02. The highest BCUT2D eigenvalue weighted by Crippen LogP contribution is 2.26. The number of hydrogen-bond donors (Lipinski definition) is 1. The highest BCUT2D eigenvalue weighted by Gasteiger charge is 2.46. The molecule has 1 saturated heterocycles. The maximum atomic E-state index is 12.9. The van der Waals surface area contributed by atoms with Crippen molar-refractivity contribution in [3.8, 4) is 6.07 Å². The van der Waals surface area contributed by atoms with Gasteiger partial charge >= 0.3 is 0 Å². The summed E-state index contributed by atoms with van der Waals surface area (Å²) in [4.78, 5) is 11.7. The summed E-state index contributed by atoms with van der Waals surface area (Å²) in [5.41, 5.74) is -0.215. The third-order valence-corrected chi connectivity index (χ3v) is 2.93. The van der Waals surface area contributed by atoms with Crippen LogP contribution in [0.1, 0.15) is 5.56 Å². The minimum atomic E-state index is -1.03. The molecule has 0 spiro atoms. The van der Waals surface area contributed by atoms with Crippen molar-refractivity contribution in [2.45, 2.75) is 6.42 Å². The van der Waals surface area contributed by atoms with Crippen LogP contribution in [0, 0.1) is 22.6 Å². The van der Waals surface area contributed by atoms with Crippen LogP contribution in [0.15, 0.2) is 24.3 Å². The first kappa shape index (κ1) is 12.5. The molecule has 4 nitrogen and oxygen atoms in total. The van der Waals surface area contributed by atoms with Crippen molar-refractivity contribution < 1.29 is 13.9 Å². The second kappa shape index (κ2) is 5.15. The normalized spacial score (nSPS) is 16.4. The number of ether oxygens (including phenoxy) is 1. The maximum Gasteiger partial charge on any atom is 0.245 e. The first-order chi connectivity index (χ1) is 8.66. The summed E-state index contributed by atoms with van der Waals surface area (Å²) < 4.78 is 17.8. The van der Waals surface area contributed by atoms with Gasteiger partial charge in [0.1, 0.15) is 5.82 Å². The number of nitrogens with one attached hydrogen (secondary N) is 1. The molecule has 2 rings (SSSR count). The van der Waals surface area contributed by atoms with E-state index in [1.54, 1.807) is 12.1 Å². The van der Waals surface area contributed by atoms with Crippen LogP contribution >= 0.6 is 0 Å². The summed E-state index contributed by atoms with van der Waals surface area (Å²) in [6, 6.07) is 8.20. The Morgan fingerprint density at radius 2 is 2.33 bits per heavy atom. The topological polar surface area (TPSA) is 62.1 Å². The second-order valence-corrected chi connectivity index (χ2v) is 4.32. The number of carbonyl (C=O) groups is 1. The number of halogens is 1. The quantitative estimate of drug-likeness (QED) is 0.865. The Morgan fingerprint density at radius 3 is 2.89 bits per heavy atom. The Balaban J connectivity index is 1.82. The number of benzene rings is 1. The van der Waals surface area contributed by atoms with Crippen molar-refractivity contribution in [1.82, 2.24) is 5.32 Å². The number of amides is 1. The van der Waals surface area contributed by atoms with Crippen LogP contribution in [0.3, 0.4) is 0 Å². The Kier molecular flexibility index (Phi) is 3.58. The maximum absolute atomic E-state index is 12.9. The lowest BCUT2D eigenvalue weighted by atomic mass is 9.87. The van der Waals surface area contributed by atoms with E-state index in [0.29, 0.717) is 13.0 Å². The lowest BCUT2D eigenvalue weighted by Crippen LogP contribution is -2.53. The fraction of sp³-hybridized carbons (Fsp3) is 0.385. The van der Waals surface area contributed by atoms with Gasteiger partial charge in [0, 0.05) is 6.54 Å². The Bertz CT molecular complexity index is 492. The number of nitriles is 1. The van der Waals surface area contributed by atoms with Gasteiger partial charge in [-0.15, -0.1) is 0 Å². The van der Waals surface area contributed by atoms with Crippen LogP contribution in [-0.2, 0) is 16.0 Å². The third kappa shape index (κ3) is 2.49. The zero-order valence-corrected chi connectivity index (χ0v) is 9.78. The standard InChI is InChI=1S/C13H13FN2O2/c14-11-3-1-2-10(6-11)4-5-16-12(17)13(7-15)8-18-9-13/h1-3,6H,4-5,8-9H2,(H,16,17). The Hall–Kier alpha value is -1.93. The van der Waals surface area contributed by atoms with Crippen molar-refractivity contribution in [3.05, 3.63) is 35.6 Å². The van der Waals surface area contributed by atoms with Gasteiger partial charge in [0.15, 0.2) is 5.41 Å². The zero-order chi connectivity index (χ0) is 13.0. The molecule has 18 heavy (non-hydrogen) atoms. The van der Waals surface area contributed by atoms with Crippen molar-refractivity contribution in [2.75, 3.05) is 19.8 Å². The molecule has 0 unspecified atom stereocenters. The SMILES string of the molecule is N#CC1(C(=O)NCCc2cccc(F)c2)COC1. The molecule has 1 heterocycles. The molecule has 0 aromatic heterocycles. The third-order valence-electron chi connectivity index (χ3n) is 2.93. The Labute approximate surface area is 104 Å².